The molecule has 0 N–H and O–H groups in total. The predicted molar refractivity (Wildman–Crippen MR) is 75.1 cm³/mol. The van der Waals surface area contributed by atoms with E-state index in [1.54, 1.807) is 0 Å². The molecule has 3 heteroatoms. The largest absolute Gasteiger partial charge is 0.459 e. The molecule has 1 saturated heterocycles. The summed E-state index contributed by atoms with van der Waals surface area (Å²) in [7, 11) is 0. The second-order valence-electron chi connectivity index (χ2n) is 8.39. The van der Waals surface area contributed by atoms with Crippen molar-refractivity contribution in [3.63, 3.8) is 0 Å². The van der Waals surface area contributed by atoms with Gasteiger partial charge in [-0.05, 0) is 54.3 Å². The number of carbonyl (C=O) groups excluding carboxylic acids is 1. The van der Waals surface area contributed by atoms with Crippen molar-refractivity contribution in [1.82, 2.24) is 0 Å². The molecule has 0 amide bonds. The van der Waals surface area contributed by atoms with Gasteiger partial charge in [0.25, 0.3) is 0 Å². The molecule has 1 aliphatic heterocycles. The lowest BCUT2D eigenvalue weighted by molar-refractivity contribution is -0.158. The third kappa shape index (κ3) is 1.33. The van der Waals surface area contributed by atoms with Crippen molar-refractivity contribution in [3.05, 3.63) is 0 Å². The number of ether oxygens (including phenoxy) is 2. The van der Waals surface area contributed by atoms with Gasteiger partial charge >= 0.3 is 5.97 Å². The number of rotatable bonds is 1. The number of carbonyl (C=O) groups is 1. The third-order valence-corrected chi connectivity index (χ3v) is 7.43. The molecule has 0 radical (unpaired) electrons. The molecule has 3 aliphatic carbocycles. The summed E-state index contributed by atoms with van der Waals surface area (Å²) >= 11 is 0. The second kappa shape index (κ2) is 3.60. The Morgan fingerprint density at radius 1 is 1.20 bits per heavy atom. The molecule has 1 heterocycles. The summed E-state index contributed by atoms with van der Waals surface area (Å²) in [5.74, 6) is 1.94. The molecule has 0 aromatic rings. The lowest BCUT2D eigenvalue weighted by Crippen LogP contribution is -2.49. The van der Waals surface area contributed by atoms with Crippen LogP contribution < -0.4 is 0 Å². The zero-order valence-corrected chi connectivity index (χ0v) is 13.1. The van der Waals surface area contributed by atoms with Crippen LogP contribution in [-0.2, 0) is 14.3 Å². The van der Waals surface area contributed by atoms with Gasteiger partial charge in [0.2, 0.25) is 0 Å². The van der Waals surface area contributed by atoms with Crippen LogP contribution in [0.1, 0.15) is 53.4 Å². The summed E-state index contributed by atoms with van der Waals surface area (Å²) in [5.41, 5.74) is 0.562. The molecule has 2 spiro atoms. The average molecular weight is 278 g/mol. The van der Waals surface area contributed by atoms with E-state index in [4.69, 9.17) is 9.47 Å². The zero-order chi connectivity index (χ0) is 14.3. The van der Waals surface area contributed by atoms with Crippen molar-refractivity contribution in [2.75, 3.05) is 6.61 Å². The van der Waals surface area contributed by atoms with E-state index in [0.717, 1.165) is 24.9 Å². The SMILES string of the molecule is CC(=O)OC1CC23CC(C(C)(C)C2CCC3C)C12CO2. The van der Waals surface area contributed by atoms with E-state index in [2.05, 4.69) is 20.8 Å². The maximum atomic E-state index is 11.5. The Kier molecular flexibility index (Phi) is 2.36. The van der Waals surface area contributed by atoms with Crippen LogP contribution in [0, 0.1) is 28.6 Å². The molecule has 4 aliphatic rings. The normalized spacial score (nSPS) is 54.8. The Bertz CT molecular complexity index is 465. The van der Waals surface area contributed by atoms with E-state index < -0.39 is 0 Å². The van der Waals surface area contributed by atoms with Gasteiger partial charge in [0.15, 0.2) is 0 Å². The highest BCUT2D eigenvalue weighted by Crippen LogP contribution is 2.75. The van der Waals surface area contributed by atoms with Crippen molar-refractivity contribution in [1.29, 1.82) is 0 Å². The van der Waals surface area contributed by atoms with Gasteiger partial charge < -0.3 is 9.47 Å². The van der Waals surface area contributed by atoms with Crippen LogP contribution in [0.25, 0.3) is 0 Å². The minimum atomic E-state index is -0.150. The lowest BCUT2D eigenvalue weighted by Gasteiger charge is -2.43. The first kappa shape index (κ1) is 13.1. The molecule has 0 aromatic heterocycles. The summed E-state index contributed by atoms with van der Waals surface area (Å²) in [5, 5.41) is 0. The maximum Gasteiger partial charge on any atom is 0.303 e. The van der Waals surface area contributed by atoms with Gasteiger partial charge in [0.05, 0.1) is 6.61 Å². The van der Waals surface area contributed by atoms with E-state index >= 15 is 0 Å². The Hall–Kier alpha value is -0.570. The van der Waals surface area contributed by atoms with E-state index in [1.165, 1.54) is 26.2 Å². The standard InChI is InChI=1S/C17H26O3/c1-10-5-6-12-15(3,4)13-7-16(10,12)8-14(20-11(2)18)17(13)9-19-17/h10,12-14H,5-9H2,1-4H3. The Morgan fingerprint density at radius 3 is 2.50 bits per heavy atom. The minimum Gasteiger partial charge on any atom is -0.459 e. The van der Waals surface area contributed by atoms with Gasteiger partial charge in [-0.15, -0.1) is 0 Å². The number of esters is 1. The predicted octanol–water partition coefficient (Wildman–Crippen LogP) is 3.17. The van der Waals surface area contributed by atoms with E-state index in [0.29, 0.717) is 16.7 Å². The summed E-state index contributed by atoms with van der Waals surface area (Å²) in [6.07, 6.45) is 4.97. The van der Waals surface area contributed by atoms with Crippen LogP contribution in [0.5, 0.6) is 0 Å². The first-order valence-electron chi connectivity index (χ1n) is 8.14. The van der Waals surface area contributed by atoms with E-state index in [1.807, 2.05) is 0 Å². The number of hydrogen-bond donors (Lipinski definition) is 0. The molecule has 4 fully saturated rings. The van der Waals surface area contributed by atoms with Crippen molar-refractivity contribution in [2.24, 2.45) is 28.6 Å². The fourth-order valence-corrected chi connectivity index (χ4v) is 6.46. The molecule has 20 heavy (non-hydrogen) atoms. The fourth-order valence-electron chi connectivity index (χ4n) is 6.46. The van der Waals surface area contributed by atoms with E-state index in [9.17, 15) is 4.79 Å². The number of epoxide rings is 1. The minimum absolute atomic E-state index is 0.0106. The molecule has 6 atom stereocenters. The van der Waals surface area contributed by atoms with Crippen LogP contribution in [0.2, 0.25) is 0 Å². The zero-order valence-electron chi connectivity index (χ0n) is 13.1. The quantitative estimate of drug-likeness (QED) is 0.546. The molecule has 4 rings (SSSR count). The Balaban J connectivity index is 1.77. The average Bonchev–Trinajstić information content (AvgIpc) is 3.02. The van der Waals surface area contributed by atoms with Crippen LogP contribution in [0.4, 0.5) is 0 Å². The Morgan fingerprint density at radius 2 is 1.90 bits per heavy atom. The van der Waals surface area contributed by atoms with Crippen molar-refractivity contribution in [3.8, 4) is 0 Å². The van der Waals surface area contributed by atoms with Gasteiger partial charge in [-0.1, -0.05) is 20.8 Å². The third-order valence-electron chi connectivity index (χ3n) is 7.43. The highest BCUT2D eigenvalue weighted by molar-refractivity contribution is 5.66. The molecule has 112 valence electrons. The first-order chi connectivity index (χ1) is 9.33. The summed E-state index contributed by atoms with van der Waals surface area (Å²) < 4.78 is 11.7. The highest BCUT2D eigenvalue weighted by atomic mass is 16.6. The highest BCUT2D eigenvalue weighted by Gasteiger charge is 2.76. The van der Waals surface area contributed by atoms with Gasteiger partial charge in [0, 0.05) is 6.92 Å². The topological polar surface area (TPSA) is 38.8 Å². The van der Waals surface area contributed by atoms with Crippen molar-refractivity contribution in [2.45, 2.75) is 65.1 Å². The van der Waals surface area contributed by atoms with E-state index in [-0.39, 0.29) is 17.7 Å². The van der Waals surface area contributed by atoms with Gasteiger partial charge in [-0.3, -0.25) is 4.79 Å². The van der Waals surface area contributed by atoms with Crippen LogP contribution in [-0.4, -0.2) is 24.3 Å². The van der Waals surface area contributed by atoms with Crippen molar-refractivity contribution >= 4 is 5.97 Å². The molecular weight excluding hydrogens is 252 g/mol. The van der Waals surface area contributed by atoms with Gasteiger partial charge in [0.1, 0.15) is 11.7 Å². The summed E-state index contributed by atoms with van der Waals surface area (Å²) in [6.45, 7) is 9.60. The first-order valence-corrected chi connectivity index (χ1v) is 8.14. The molecule has 6 unspecified atom stereocenters. The fraction of sp³-hybridized carbons (Fsp3) is 0.941. The van der Waals surface area contributed by atoms with Crippen molar-refractivity contribution < 1.29 is 14.3 Å². The summed E-state index contributed by atoms with van der Waals surface area (Å²) in [6, 6.07) is 0. The Labute approximate surface area is 121 Å². The van der Waals surface area contributed by atoms with Crippen LogP contribution >= 0.6 is 0 Å². The van der Waals surface area contributed by atoms with Crippen LogP contribution in [0.3, 0.4) is 0 Å². The molecule has 0 aromatic carbocycles. The molecule has 2 bridgehead atoms. The number of fused-ring (bicyclic) bond motifs is 2. The molecule has 3 saturated carbocycles. The molecule has 3 nitrogen and oxygen atoms in total. The smallest absolute Gasteiger partial charge is 0.303 e. The monoisotopic (exact) mass is 278 g/mol. The second-order valence-corrected chi connectivity index (χ2v) is 8.39. The summed E-state index contributed by atoms with van der Waals surface area (Å²) in [4.78, 5) is 11.5. The number of hydrogen-bond acceptors (Lipinski definition) is 3. The van der Waals surface area contributed by atoms with Crippen LogP contribution in [0.15, 0.2) is 0 Å². The molecular formula is C17H26O3. The maximum absolute atomic E-state index is 11.5. The van der Waals surface area contributed by atoms with Gasteiger partial charge in [-0.2, -0.15) is 0 Å². The van der Waals surface area contributed by atoms with Gasteiger partial charge in [-0.25, -0.2) is 0 Å². The lowest BCUT2D eigenvalue weighted by atomic mass is 9.64.